The predicted molar refractivity (Wildman–Crippen MR) is 96.7 cm³/mol. The maximum atomic E-state index is 12.8. The van der Waals surface area contributed by atoms with Crippen molar-refractivity contribution < 1.29 is 18.0 Å². The zero-order valence-electron chi connectivity index (χ0n) is 14.9. The Morgan fingerprint density at radius 1 is 1.04 bits per heavy atom. The largest absolute Gasteiger partial charge is 0.451 e. The summed E-state index contributed by atoms with van der Waals surface area (Å²) in [5, 5.41) is 5.86. The second-order valence-electron chi connectivity index (χ2n) is 6.09. The summed E-state index contributed by atoms with van der Waals surface area (Å²) in [7, 11) is 1.00. The van der Waals surface area contributed by atoms with E-state index in [4.69, 9.17) is 0 Å². The number of hydrogen-bond donors (Lipinski definition) is 1. The summed E-state index contributed by atoms with van der Waals surface area (Å²) in [5.74, 6) is -1.67. The first kappa shape index (κ1) is 19.4. The van der Waals surface area contributed by atoms with E-state index in [1.165, 1.54) is 0 Å². The smallest absolute Gasteiger partial charge is 0.350 e. The number of nitrogens with zero attached hydrogens (tertiary/aromatic N) is 3. The number of amides is 1. The third-order valence-electron chi connectivity index (χ3n) is 4.16. The number of hydrogen-bond acceptors (Lipinski definition) is 3. The number of carbonyl (C=O) groups is 1. The van der Waals surface area contributed by atoms with Gasteiger partial charge in [-0.05, 0) is 23.3 Å². The van der Waals surface area contributed by atoms with Gasteiger partial charge in [0.1, 0.15) is 0 Å². The number of rotatable bonds is 5. The molecule has 3 aromatic rings. The fraction of sp³-hybridized carbons (Fsp3) is 0.211. The van der Waals surface area contributed by atoms with Gasteiger partial charge >= 0.3 is 11.9 Å². The van der Waals surface area contributed by atoms with Crippen molar-refractivity contribution in [3.8, 4) is 11.1 Å². The summed E-state index contributed by atoms with van der Waals surface area (Å²) in [6.07, 6.45) is -4.72. The molecular formula is C19H17F3N4O2. The fourth-order valence-electron chi connectivity index (χ4n) is 2.70. The van der Waals surface area contributed by atoms with Gasteiger partial charge in [-0.1, -0.05) is 42.5 Å². The molecular weight excluding hydrogens is 373 g/mol. The maximum absolute atomic E-state index is 12.8. The summed E-state index contributed by atoms with van der Waals surface area (Å²) >= 11 is 0. The summed E-state index contributed by atoms with van der Waals surface area (Å²) in [6.45, 7) is -0.204. The van der Waals surface area contributed by atoms with Crippen molar-refractivity contribution in [2.24, 2.45) is 7.05 Å². The van der Waals surface area contributed by atoms with Crippen LogP contribution in [-0.4, -0.2) is 26.8 Å². The average molecular weight is 390 g/mol. The molecule has 28 heavy (non-hydrogen) atoms. The van der Waals surface area contributed by atoms with Gasteiger partial charge in [0.25, 0.3) is 5.91 Å². The van der Waals surface area contributed by atoms with Crippen molar-refractivity contribution in [2.75, 3.05) is 6.54 Å². The van der Waals surface area contributed by atoms with Gasteiger partial charge in [-0.25, -0.2) is 9.48 Å². The molecule has 1 heterocycles. The van der Waals surface area contributed by atoms with Crippen LogP contribution in [0.4, 0.5) is 13.2 Å². The molecule has 2 aromatic carbocycles. The molecule has 1 aromatic heterocycles. The van der Waals surface area contributed by atoms with Crippen LogP contribution in [0.2, 0.25) is 0 Å². The van der Waals surface area contributed by atoms with Crippen LogP contribution >= 0.6 is 0 Å². The predicted octanol–water partition coefficient (Wildman–Crippen LogP) is 2.70. The van der Waals surface area contributed by atoms with Crippen LogP contribution in [0.15, 0.2) is 59.4 Å². The molecule has 0 aliphatic carbocycles. The van der Waals surface area contributed by atoms with E-state index in [0.717, 1.165) is 18.2 Å². The molecule has 0 fully saturated rings. The number of alkyl halides is 3. The van der Waals surface area contributed by atoms with E-state index in [2.05, 4.69) is 10.4 Å². The fourth-order valence-corrected chi connectivity index (χ4v) is 2.70. The number of carbonyl (C=O) groups excluding carboxylic acids is 1. The van der Waals surface area contributed by atoms with Crippen molar-refractivity contribution in [2.45, 2.75) is 12.7 Å². The molecule has 0 spiro atoms. The van der Waals surface area contributed by atoms with E-state index in [1.807, 2.05) is 42.5 Å². The third-order valence-corrected chi connectivity index (χ3v) is 4.16. The number of nitrogens with one attached hydrogen (secondary N) is 1. The Kier molecular flexibility index (Phi) is 5.34. The number of benzene rings is 2. The highest BCUT2D eigenvalue weighted by atomic mass is 19.4. The lowest BCUT2D eigenvalue weighted by molar-refractivity contribution is -0.147. The second-order valence-corrected chi connectivity index (χ2v) is 6.09. The van der Waals surface area contributed by atoms with Crippen molar-refractivity contribution in [1.29, 1.82) is 0 Å². The highest BCUT2D eigenvalue weighted by Gasteiger charge is 2.37. The monoisotopic (exact) mass is 390 g/mol. The van der Waals surface area contributed by atoms with Gasteiger partial charge in [0.05, 0.1) is 6.54 Å². The van der Waals surface area contributed by atoms with Gasteiger partial charge in [0, 0.05) is 19.2 Å². The van der Waals surface area contributed by atoms with Crippen molar-refractivity contribution in [1.82, 2.24) is 19.7 Å². The van der Waals surface area contributed by atoms with Crippen LogP contribution < -0.4 is 11.0 Å². The minimum atomic E-state index is -4.72. The van der Waals surface area contributed by atoms with Crippen LogP contribution in [0, 0.1) is 0 Å². The molecule has 1 N–H and O–H groups in total. The van der Waals surface area contributed by atoms with E-state index in [9.17, 15) is 22.8 Å². The van der Waals surface area contributed by atoms with E-state index in [0.29, 0.717) is 14.8 Å². The van der Waals surface area contributed by atoms with Gasteiger partial charge in [-0.15, -0.1) is 5.10 Å². The molecule has 9 heteroatoms. The third kappa shape index (κ3) is 4.13. The Balaban J connectivity index is 1.61. The van der Waals surface area contributed by atoms with E-state index in [-0.39, 0.29) is 19.0 Å². The quantitative estimate of drug-likeness (QED) is 0.728. The standard InChI is InChI=1S/C19H17F3N4O2/c1-25-17(19(20,21)22)24-26(18(25)28)12-11-23-16(27)15-9-7-14(8-10-15)13-5-3-2-4-6-13/h2-10H,11-12H2,1H3,(H,23,27). The Morgan fingerprint density at radius 2 is 1.64 bits per heavy atom. The van der Waals surface area contributed by atoms with Gasteiger partial charge in [0.2, 0.25) is 5.82 Å². The van der Waals surface area contributed by atoms with E-state index < -0.39 is 17.7 Å². The summed E-state index contributed by atoms with van der Waals surface area (Å²) in [4.78, 5) is 24.0. The van der Waals surface area contributed by atoms with Crippen LogP contribution in [-0.2, 0) is 19.8 Å². The topological polar surface area (TPSA) is 68.9 Å². The molecule has 0 aliphatic rings. The normalized spacial score (nSPS) is 11.4. The molecule has 1 amide bonds. The van der Waals surface area contributed by atoms with Crippen LogP contribution in [0.5, 0.6) is 0 Å². The first-order valence-corrected chi connectivity index (χ1v) is 8.42. The molecule has 0 bridgehead atoms. The SMILES string of the molecule is Cn1c(C(F)(F)F)nn(CCNC(=O)c2ccc(-c3ccccc3)cc2)c1=O. The lowest BCUT2D eigenvalue weighted by Crippen LogP contribution is -2.31. The van der Waals surface area contributed by atoms with E-state index in [1.54, 1.807) is 12.1 Å². The zero-order chi connectivity index (χ0) is 20.3. The highest BCUT2D eigenvalue weighted by molar-refractivity contribution is 5.94. The lowest BCUT2D eigenvalue weighted by atomic mass is 10.0. The Hall–Kier alpha value is -3.36. The molecule has 6 nitrogen and oxygen atoms in total. The van der Waals surface area contributed by atoms with Crippen molar-refractivity contribution in [3.05, 3.63) is 76.5 Å². The molecule has 0 saturated carbocycles. The Bertz CT molecular complexity index is 1020. The average Bonchev–Trinajstić information content (AvgIpc) is 2.97. The molecule has 0 saturated heterocycles. The number of aromatic nitrogens is 3. The molecule has 146 valence electrons. The molecule has 0 unspecified atom stereocenters. The van der Waals surface area contributed by atoms with Gasteiger partial charge in [-0.2, -0.15) is 13.2 Å². The Labute approximate surface area is 158 Å². The lowest BCUT2D eigenvalue weighted by Gasteiger charge is -2.06. The molecule has 0 aliphatic heterocycles. The first-order chi connectivity index (χ1) is 13.3. The van der Waals surface area contributed by atoms with Crippen LogP contribution in [0.25, 0.3) is 11.1 Å². The van der Waals surface area contributed by atoms with E-state index >= 15 is 0 Å². The molecule has 3 rings (SSSR count). The first-order valence-electron chi connectivity index (χ1n) is 8.42. The summed E-state index contributed by atoms with van der Waals surface area (Å²) in [6, 6.07) is 16.6. The van der Waals surface area contributed by atoms with Gasteiger partial charge < -0.3 is 5.32 Å². The van der Waals surface area contributed by atoms with Crippen LogP contribution in [0.1, 0.15) is 16.2 Å². The maximum Gasteiger partial charge on any atom is 0.451 e. The molecule has 0 radical (unpaired) electrons. The summed E-state index contributed by atoms with van der Waals surface area (Å²) < 4.78 is 39.4. The zero-order valence-corrected chi connectivity index (χ0v) is 14.9. The Morgan fingerprint density at radius 3 is 2.21 bits per heavy atom. The van der Waals surface area contributed by atoms with Crippen LogP contribution in [0.3, 0.4) is 0 Å². The second kappa shape index (κ2) is 7.71. The highest BCUT2D eigenvalue weighted by Crippen LogP contribution is 2.26. The van der Waals surface area contributed by atoms with Crippen molar-refractivity contribution in [3.63, 3.8) is 0 Å². The van der Waals surface area contributed by atoms with Gasteiger partial charge in [0.15, 0.2) is 0 Å². The minimum absolute atomic E-state index is 0.0342. The number of halogens is 3. The minimum Gasteiger partial charge on any atom is -0.350 e. The molecule has 0 atom stereocenters. The summed E-state index contributed by atoms with van der Waals surface area (Å²) in [5.41, 5.74) is 1.49. The van der Waals surface area contributed by atoms with Gasteiger partial charge in [-0.3, -0.25) is 9.36 Å². The van der Waals surface area contributed by atoms with Crippen molar-refractivity contribution >= 4 is 5.91 Å².